The van der Waals surface area contributed by atoms with Gasteiger partial charge in [-0.1, -0.05) is 45.7 Å². The fourth-order valence-corrected chi connectivity index (χ4v) is 2.53. The first-order valence-electron chi connectivity index (χ1n) is 8.37. The molecule has 0 spiro atoms. The van der Waals surface area contributed by atoms with Crippen molar-refractivity contribution in [3.8, 4) is 5.75 Å². The smallest absolute Gasteiger partial charge is 0.119 e. The SMILES string of the molecule is CCC(CC)CN(CC)CCCOc1cccc(CN)c1. The fourth-order valence-electron chi connectivity index (χ4n) is 2.53. The Morgan fingerprint density at radius 2 is 1.95 bits per heavy atom. The van der Waals surface area contributed by atoms with Crippen molar-refractivity contribution >= 4 is 0 Å². The first-order chi connectivity index (χ1) is 10.2. The third-order valence-corrected chi connectivity index (χ3v) is 4.14. The third kappa shape index (κ3) is 6.96. The van der Waals surface area contributed by atoms with E-state index in [1.165, 1.54) is 19.4 Å². The summed E-state index contributed by atoms with van der Waals surface area (Å²) < 4.78 is 5.82. The van der Waals surface area contributed by atoms with Gasteiger partial charge < -0.3 is 15.4 Å². The number of nitrogens with zero attached hydrogens (tertiary/aromatic N) is 1. The standard InChI is InChI=1S/C18H32N2O/c1-4-16(5-2)15-20(6-3)11-8-12-21-18-10-7-9-17(13-18)14-19/h7,9-10,13,16H,4-6,8,11-12,14-15,19H2,1-3H3. The van der Waals surface area contributed by atoms with Gasteiger partial charge in [-0.05, 0) is 36.6 Å². The van der Waals surface area contributed by atoms with Crippen molar-refractivity contribution in [1.29, 1.82) is 0 Å². The maximum atomic E-state index is 5.82. The molecule has 3 heteroatoms. The van der Waals surface area contributed by atoms with E-state index >= 15 is 0 Å². The topological polar surface area (TPSA) is 38.5 Å². The van der Waals surface area contributed by atoms with Crippen LogP contribution in [-0.2, 0) is 6.54 Å². The number of ether oxygens (including phenoxy) is 1. The molecule has 0 unspecified atom stereocenters. The van der Waals surface area contributed by atoms with Gasteiger partial charge in [-0.2, -0.15) is 0 Å². The zero-order valence-corrected chi connectivity index (χ0v) is 14.0. The van der Waals surface area contributed by atoms with Gasteiger partial charge in [-0.15, -0.1) is 0 Å². The summed E-state index contributed by atoms with van der Waals surface area (Å²) in [4.78, 5) is 2.54. The Balaban J connectivity index is 2.27. The summed E-state index contributed by atoms with van der Waals surface area (Å²) in [5.74, 6) is 1.76. The molecular formula is C18H32N2O. The molecule has 0 aliphatic carbocycles. The molecule has 0 radical (unpaired) electrons. The molecule has 0 amide bonds. The van der Waals surface area contributed by atoms with Gasteiger partial charge in [0.05, 0.1) is 6.61 Å². The van der Waals surface area contributed by atoms with Gasteiger partial charge in [0, 0.05) is 19.6 Å². The van der Waals surface area contributed by atoms with Crippen LogP contribution in [0.2, 0.25) is 0 Å². The molecule has 0 bridgehead atoms. The second-order valence-corrected chi connectivity index (χ2v) is 5.63. The van der Waals surface area contributed by atoms with Crippen molar-refractivity contribution in [2.75, 3.05) is 26.2 Å². The second-order valence-electron chi connectivity index (χ2n) is 5.63. The van der Waals surface area contributed by atoms with E-state index in [1.807, 2.05) is 24.3 Å². The van der Waals surface area contributed by atoms with Gasteiger partial charge in [-0.25, -0.2) is 0 Å². The molecule has 2 N–H and O–H groups in total. The molecule has 0 saturated heterocycles. The van der Waals surface area contributed by atoms with Crippen LogP contribution in [0, 0.1) is 5.92 Å². The van der Waals surface area contributed by atoms with E-state index in [0.29, 0.717) is 6.54 Å². The average molecular weight is 292 g/mol. The van der Waals surface area contributed by atoms with Crippen molar-refractivity contribution in [2.24, 2.45) is 11.7 Å². The molecule has 0 saturated carbocycles. The van der Waals surface area contributed by atoms with Gasteiger partial charge in [0.1, 0.15) is 5.75 Å². The molecule has 0 fully saturated rings. The second kappa shape index (κ2) is 10.6. The molecule has 1 rings (SSSR count). The van der Waals surface area contributed by atoms with Crippen LogP contribution in [0.5, 0.6) is 5.75 Å². The van der Waals surface area contributed by atoms with Gasteiger partial charge in [0.2, 0.25) is 0 Å². The van der Waals surface area contributed by atoms with Crippen LogP contribution in [0.1, 0.15) is 45.6 Å². The molecule has 120 valence electrons. The third-order valence-electron chi connectivity index (χ3n) is 4.14. The largest absolute Gasteiger partial charge is 0.494 e. The monoisotopic (exact) mass is 292 g/mol. The highest BCUT2D eigenvalue weighted by Crippen LogP contribution is 2.13. The van der Waals surface area contributed by atoms with Crippen LogP contribution < -0.4 is 10.5 Å². The molecule has 0 atom stereocenters. The zero-order valence-electron chi connectivity index (χ0n) is 14.0. The normalized spacial score (nSPS) is 11.3. The number of nitrogens with two attached hydrogens (primary N) is 1. The average Bonchev–Trinajstić information content (AvgIpc) is 2.54. The highest BCUT2D eigenvalue weighted by Gasteiger charge is 2.09. The first kappa shape index (κ1) is 18.0. The molecule has 0 aliphatic rings. The van der Waals surface area contributed by atoms with Crippen molar-refractivity contribution < 1.29 is 4.74 Å². The molecule has 0 heterocycles. The van der Waals surface area contributed by atoms with Crippen LogP contribution in [-0.4, -0.2) is 31.1 Å². The zero-order chi connectivity index (χ0) is 15.5. The molecule has 0 aromatic heterocycles. The predicted molar refractivity (Wildman–Crippen MR) is 90.6 cm³/mol. The highest BCUT2D eigenvalue weighted by atomic mass is 16.5. The lowest BCUT2D eigenvalue weighted by Crippen LogP contribution is -2.30. The Morgan fingerprint density at radius 1 is 1.19 bits per heavy atom. The number of hydrogen-bond acceptors (Lipinski definition) is 3. The number of hydrogen-bond donors (Lipinski definition) is 1. The lowest BCUT2D eigenvalue weighted by atomic mass is 10.0. The van der Waals surface area contributed by atoms with E-state index in [4.69, 9.17) is 10.5 Å². The first-order valence-corrected chi connectivity index (χ1v) is 8.37. The highest BCUT2D eigenvalue weighted by molar-refractivity contribution is 5.28. The minimum absolute atomic E-state index is 0.566. The summed E-state index contributed by atoms with van der Waals surface area (Å²) in [5.41, 5.74) is 6.76. The molecular weight excluding hydrogens is 260 g/mol. The minimum Gasteiger partial charge on any atom is -0.494 e. The molecule has 21 heavy (non-hydrogen) atoms. The number of rotatable bonds is 11. The predicted octanol–water partition coefficient (Wildman–Crippen LogP) is 3.67. The maximum absolute atomic E-state index is 5.82. The van der Waals surface area contributed by atoms with Crippen LogP contribution in [0.3, 0.4) is 0 Å². The molecule has 3 nitrogen and oxygen atoms in total. The van der Waals surface area contributed by atoms with Crippen LogP contribution in [0.25, 0.3) is 0 Å². The van der Waals surface area contributed by atoms with Crippen molar-refractivity contribution in [3.63, 3.8) is 0 Å². The Morgan fingerprint density at radius 3 is 2.57 bits per heavy atom. The summed E-state index contributed by atoms with van der Waals surface area (Å²) in [6.45, 7) is 11.6. The summed E-state index contributed by atoms with van der Waals surface area (Å²) in [6, 6.07) is 8.06. The van der Waals surface area contributed by atoms with Gasteiger partial charge >= 0.3 is 0 Å². The lowest BCUT2D eigenvalue weighted by molar-refractivity contribution is 0.209. The Hall–Kier alpha value is -1.06. The van der Waals surface area contributed by atoms with Crippen LogP contribution in [0.4, 0.5) is 0 Å². The Labute approximate surface area is 130 Å². The quantitative estimate of drug-likeness (QED) is 0.632. The molecule has 1 aromatic carbocycles. The Kier molecular flexibility index (Phi) is 9.11. The summed E-state index contributed by atoms with van der Waals surface area (Å²) in [7, 11) is 0. The van der Waals surface area contributed by atoms with E-state index in [0.717, 1.165) is 43.3 Å². The van der Waals surface area contributed by atoms with Gasteiger partial charge in [0.15, 0.2) is 0 Å². The molecule has 0 aliphatic heterocycles. The maximum Gasteiger partial charge on any atom is 0.119 e. The van der Waals surface area contributed by atoms with Gasteiger partial charge in [0.25, 0.3) is 0 Å². The van der Waals surface area contributed by atoms with E-state index < -0.39 is 0 Å². The summed E-state index contributed by atoms with van der Waals surface area (Å²) in [5, 5.41) is 0. The van der Waals surface area contributed by atoms with E-state index in [1.54, 1.807) is 0 Å². The van der Waals surface area contributed by atoms with Crippen LogP contribution >= 0.6 is 0 Å². The van der Waals surface area contributed by atoms with Crippen molar-refractivity contribution in [1.82, 2.24) is 4.90 Å². The van der Waals surface area contributed by atoms with Crippen LogP contribution in [0.15, 0.2) is 24.3 Å². The minimum atomic E-state index is 0.566. The van der Waals surface area contributed by atoms with Crippen molar-refractivity contribution in [3.05, 3.63) is 29.8 Å². The van der Waals surface area contributed by atoms with Gasteiger partial charge in [-0.3, -0.25) is 0 Å². The fraction of sp³-hybridized carbons (Fsp3) is 0.667. The van der Waals surface area contributed by atoms with Crippen molar-refractivity contribution in [2.45, 2.75) is 46.6 Å². The lowest BCUT2D eigenvalue weighted by Gasteiger charge is -2.25. The van der Waals surface area contributed by atoms with E-state index in [2.05, 4.69) is 25.7 Å². The summed E-state index contributed by atoms with van der Waals surface area (Å²) in [6.07, 6.45) is 3.62. The molecule has 1 aromatic rings. The van der Waals surface area contributed by atoms with E-state index in [-0.39, 0.29) is 0 Å². The Bertz CT molecular complexity index is 377. The number of benzene rings is 1. The van der Waals surface area contributed by atoms with E-state index in [9.17, 15) is 0 Å². The summed E-state index contributed by atoms with van der Waals surface area (Å²) >= 11 is 0.